The molecule has 0 bridgehead atoms. The predicted molar refractivity (Wildman–Crippen MR) is 120 cm³/mol. The summed E-state index contributed by atoms with van der Waals surface area (Å²) in [6.07, 6.45) is 0. The highest BCUT2D eigenvalue weighted by Gasteiger charge is 2.20. The van der Waals surface area contributed by atoms with Crippen molar-refractivity contribution in [2.24, 2.45) is 0 Å². The van der Waals surface area contributed by atoms with E-state index in [-0.39, 0.29) is 28.1 Å². The Hall–Kier alpha value is -3.12. The van der Waals surface area contributed by atoms with E-state index in [1.54, 1.807) is 48.5 Å². The Balaban J connectivity index is 1.82. The van der Waals surface area contributed by atoms with Crippen LogP contribution in [0.1, 0.15) is 45.6 Å². The summed E-state index contributed by atoms with van der Waals surface area (Å²) in [7, 11) is -3.81. The van der Waals surface area contributed by atoms with Gasteiger partial charge in [0.1, 0.15) is 0 Å². The van der Waals surface area contributed by atoms with Crippen molar-refractivity contribution >= 4 is 21.6 Å². The Morgan fingerprint density at radius 2 is 1.53 bits per heavy atom. The molecule has 3 aromatic carbocycles. The number of anilines is 1. The van der Waals surface area contributed by atoms with E-state index in [4.69, 9.17) is 0 Å². The van der Waals surface area contributed by atoms with Gasteiger partial charge in [0.25, 0.3) is 15.9 Å². The van der Waals surface area contributed by atoms with Gasteiger partial charge in [-0.25, -0.2) is 8.42 Å². The van der Waals surface area contributed by atoms with Crippen molar-refractivity contribution < 1.29 is 13.2 Å². The Labute approximate surface area is 178 Å². The van der Waals surface area contributed by atoms with Crippen LogP contribution in [0, 0.1) is 20.8 Å². The third-order valence-corrected chi connectivity index (χ3v) is 6.51. The van der Waals surface area contributed by atoms with E-state index < -0.39 is 10.0 Å². The molecule has 30 heavy (non-hydrogen) atoms. The van der Waals surface area contributed by atoms with Gasteiger partial charge in [0, 0.05) is 0 Å². The van der Waals surface area contributed by atoms with Gasteiger partial charge in [-0.1, -0.05) is 48.0 Å². The molecule has 0 heterocycles. The van der Waals surface area contributed by atoms with Gasteiger partial charge in [0.05, 0.1) is 22.2 Å². The number of aryl methyl sites for hydroxylation is 3. The van der Waals surface area contributed by atoms with Crippen LogP contribution in [0.15, 0.2) is 71.6 Å². The normalized spacial score (nSPS) is 12.3. The molecule has 0 aromatic heterocycles. The van der Waals surface area contributed by atoms with Crippen LogP contribution in [-0.2, 0) is 10.0 Å². The second-order valence-corrected chi connectivity index (χ2v) is 9.19. The maximum atomic E-state index is 12.9. The number of sulfonamides is 1. The monoisotopic (exact) mass is 422 g/mol. The number of para-hydroxylation sites is 1. The fourth-order valence-electron chi connectivity index (χ4n) is 3.08. The van der Waals surface area contributed by atoms with Gasteiger partial charge in [0.2, 0.25) is 0 Å². The molecule has 6 heteroatoms. The molecule has 2 N–H and O–H groups in total. The van der Waals surface area contributed by atoms with Crippen molar-refractivity contribution in [2.45, 2.75) is 38.6 Å². The topological polar surface area (TPSA) is 75.3 Å². The molecular weight excluding hydrogens is 396 g/mol. The van der Waals surface area contributed by atoms with Gasteiger partial charge in [0.15, 0.2) is 0 Å². The van der Waals surface area contributed by atoms with E-state index in [1.165, 1.54) is 5.56 Å². The third-order valence-electron chi connectivity index (χ3n) is 5.13. The van der Waals surface area contributed by atoms with Crippen LogP contribution in [0.2, 0.25) is 0 Å². The number of amides is 1. The van der Waals surface area contributed by atoms with Crippen molar-refractivity contribution in [3.8, 4) is 0 Å². The SMILES string of the molecule is Cc1ccc(S(=O)(=O)Nc2ccccc2C(=O)N[C@@H](C)c2ccc(C)c(C)c2)cc1. The summed E-state index contributed by atoms with van der Waals surface area (Å²) in [4.78, 5) is 13.1. The maximum absolute atomic E-state index is 12.9. The summed E-state index contributed by atoms with van der Waals surface area (Å²) in [6, 6.07) is 19.0. The minimum Gasteiger partial charge on any atom is -0.345 e. The molecule has 3 rings (SSSR count). The number of carbonyl (C=O) groups is 1. The van der Waals surface area contributed by atoms with Gasteiger partial charge >= 0.3 is 0 Å². The average Bonchev–Trinajstić information content (AvgIpc) is 2.70. The molecule has 156 valence electrons. The number of rotatable bonds is 6. The van der Waals surface area contributed by atoms with E-state index in [0.29, 0.717) is 0 Å². The first-order valence-corrected chi connectivity index (χ1v) is 11.2. The Morgan fingerprint density at radius 3 is 2.20 bits per heavy atom. The molecule has 0 saturated carbocycles. The minimum atomic E-state index is -3.81. The maximum Gasteiger partial charge on any atom is 0.261 e. The van der Waals surface area contributed by atoms with Crippen molar-refractivity contribution in [3.63, 3.8) is 0 Å². The fourth-order valence-corrected chi connectivity index (χ4v) is 4.16. The number of hydrogen-bond acceptors (Lipinski definition) is 3. The molecule has 3 aromatic rings. The highest BCUT2D eigenvalue weighted by Crippen LogP contribution is 2.22. The summed E-state index contributed by atoms with van der Waals surface area (Å²) < 4.78 is 28.1. The number of hydrogen-bond donors (Lipinski definition) is 2. The van der Waals surface area contributed by atoms with Crippen LogP contribution in [0.25, 0.3) is 0 Å². The smallest absolute Gasteiger partial charge is 0.261 e. The predicted octanol–water partition coefficient (Wildman–Crippen LogP) is 4.90. The van der Waals surface area contributed by atoms with Gasteiger partial charge in [-0.2, -0.15) is 0 Å². The standard InChI is InChI=1S/C24H26N2O3S/c1-16-9-13-21(14-10-16)30(28,29)26-23-8-6-5-7-22(23)24(27)25-19(4)20-12-11-17(2)18(3)15-20/h5-15,19,26H,1-4H3,(H,25,27)/t19-/m0/s1. The zero-order valence-corrected chi connectivity index (χ0v) is 18.4. The number of carbonyl (C=O) groups excluding carboxylic acids is 1. The summed E-state index contributed by atoms with van der Waals surface area (Å²) in [5, 5.41) is 2.96. The lowest BCUT2D eigenvalue weighted by atomic mass is 10.0. The Morgan fingerprint density at radius 1 is 0.867 bits per heavy atom. The van der Waals surface area contributed by atoms with Gasteiger partial charge in [-0.3, -0.25) is 9.52 Å². The second kappa shape index (κ2) is 8.71. The average molecular weight is 423 g/mol. The molecular formula is C24H26N2O3S. The largest absolute Gasteiger partial charge is 0.345 e. The van der Waals surface area contributed by atoms with Crippen LogP contribution in [0.3, 0.4) is 0 Å². The van der Waals surface area contributed by atoms with Crippen molar-refractivity contribution in [3.05, 3.63) is 94.5 Å². The van der Waals surface area contributed by atoms with E-state index >= 15 is 0 Å². The molecule has 0 fully saturated rings. The Bertz CT molecular complexity index is 1170. The summed E-state index contributed by atoms with van der Waals surface area (Å²) >= 11 is 0. The summed E-state index contributed by atoms with van der Waals surface area (Å²) in [5.74, 6) is -0.345. The van der Waals surface area contributed by atoms with E-state index in [0.717, 1.165) is 16.7 Å². The second-order valence-electron chi connectivity index (χ2n) is 7.50. The molecule has 0 aliphatic rings. The Kier molecular flexibility index (Phi) is 6.27. The molecule has 0 radical (unpaired) electrons. The summed E-state index contributed by atoms with van der Waals surface area (Å²) in [5.41, 5.74) is 4.80. The first-order chi connectivity index (χ1) is 14.2. The summed E-state index contributed by atoms with van der Waals surface area (Å²) in [6.45, 7) is 7.86. The molecule has 0 saturated heterocycles. The highest BCUT2D eigenvalue weighted by molar-refractivity contribution is 7.92. The number of nitrogens with one attached hydrogen (secondary N) is 2. The van der Waals surface area contributed by atoms with E-state index in [9.17, 15) is 13.2 Å². The molecule has 1 atom stereocenters. The van der Waals surface area contributed by atoms with Crippen molar-refractivity contribution in [2.75, 3.05) is 4.72 Å². The van der Waals surface area contributed by atoms with Crippen LogP contribution in [0.4, 0.5) is 5.69 Å². The lowest BCUT2D eigenvalue weighted by Gasteiger charge is -2.18. The van der Waals surface area contributed by atoms with E-state index in [1.807, 2.05) is 45.9 Å². The van der Waals surface area contributed by atoms with Crippen LogP contribution < -0.4 is 10.0 Å². The zero-order chi connectivity index (χ0) is 21.9. The zero-order valence-electron chi connectivity index (χ0n) is 17.6. The molecule has 0 unspecified atom stereocenters. The quantitative estimate of drug-likeness (QED) is 0.593. The van der Waals surface area contributed by atoms with Gasteiger partial charge in [-0.05, 0) is 68.7 Å². The first kappa shape index (κ1) is 21.6. The van der Waals surface area contributed by atoms with Crippen LogP contribution in [0.5, 0.6) is 0 Å². The molecule has 5 nitrogen and oxygen atoms in total. The van der Waals surface area contributed by atoms with Gasteiger partial charge < -0.3 is 5.32 Å². The molecule has 0 spiro atoms. The minimum absolute atomic E-state index is 0.145. The van der Waals surface area contributed by atoms with E-state index in [2.05, 4.69) is 10.0 Å². The lowest BCUT2D eigenvalue weighted by Crippen LogP contribution is -2.28. The van der Waals surface area contributed by atoms with Crippen LogP contribution in [-0.4, -0.2) is 14.3 Å². The van der Waals surface area contributed by atoms with Crippen molar-refractivity contribution in [1.29, 1.82) is 0 Å². The highest BCUT2D eigenvalue weighted by atomic mass is 32.2. The molecule has 0 aliphatic heterocycles. The van der Waals surface area contributed by atoms with Gasteiger partial charge in [-0.15, -0.1) is 0 Å². The third kappa shape index (κ3) is 4.89. The lowest BCUT2D eigenvalue weighted by molar-refractivity contribution is 0.0941. The van der Waals surface area contributed by atoms with Crippen molar-refractivity contribution in [1.82, 2.24) is 5.32 Å². The molecule has 0 aliphatic carbocycles. The fraction of sp³-hybridized carbons (Fsp3) is 0.208. The number of benzene rings is 3. The first-order valence-electron chi connectivity index (χ1n) is 9.74. The van der Waals surface area contributed by atoms with Crippen LogP contribution >= 0.6 is 0 Å². The molecule has 1 amide bonds.